The molecular weight excluding hydrogens is 328 g/mol. The van der Waals surface area contributed by atoms with Crippen molar-refractivity contribution in [1.82, 2.24) is 4.90 Å². The summed E-state index contributed by atoms with van der Waals surface area (Å²) in [5, 5.41) is 0. The van der Waals surface area contributed by atoms with Gasteiger partial charge in [0.1, 0.15) is 0 Å². The fourth-order valence-corrected chi connectivity index (χ4v) is 3.68. The summed E-state index contributed by atoms with van der Waals surface area (Å²) < 4.78 is 1.09. The Morgan fingerprint density at radius 1 is 1.24 bits per heavy atom. The third kappa shape index (κ3) is 3.67. The van der Waals surface area contributed by atoms with Crippen LogP contribution in [0.4, 0.5) is 0 Å². The van der Waals surface area contributed by atoms with Crippen LogP contribution in [-0.4, -0.2) is 22.9 Å². The number of amides is 1. The molecule has 2 aliphatic rings. The van der Waals surface area contributed by atoms with E-state index in [1.807, 2.05) is 18.2 Å². The molecule has 2 unspecified atom stereocenters. The van der Waals surface area contributed by atoms with Crippen LogP contribution in [0.15, 0.2) is 28.7 Å². The van der Waals surface area contributed by atoms with Crippen molar-refractivity contribution in [2.45, 2.75) is 57.2 Å². The first-order chi connectivity index (χ1) is 10.1. The predicted molar refractivity (Wildman–Crippen MR) is 87.6 cm³/mol. The summed E-state index contributed by atoms with van der Waals surface area (Å²) in [6.07, 6.45) is 6.32. The van der Waals surface area contributed by atoms with E-state index in [0.29, 0.717) is 11.9 Å². The summed E-state index contributed by atoms with van der Waals surface area (Å²) in [6.45, 7) is 0.719. The van der Waals surface area contributed by atoms with E-state index < -0.39 is 0 Å². The number of benzene rings is 1. The molecular formula is C17H23BrN2O. The molecule has 2 atom stereocenters. The van der Waals surface area contributed by atoms with E-state index >= 15 is 0 Å². The summed E-state index contributed by atoms with van der Waals surface area (Å²) in [7, 11) is 0. The smallest absolute Gasteiger partial charge is 0.226 e. The Balaban J connectivity index is 1.72. The molecule has 4 heteroatoms. The highest BCUT2D eigenvalue weighted by molar-refractivity contribution is 9.10. The third-order valence-electron chi connectivity index (χ3n) is 4.63. The normalized spacial score (nSPS) is 25.6. The first kappa shape index (κ1) is 15.0. The van der Waals surface area contributed by atoms with Gasteiger partial charge in [-0.2, -0.15) is 0 Å². The molecule has 0 spiro atoms. The van der Waals surface area contributed by atoms with Crippen LogP contribution in [0.2, 0.25) is 0 Å². The molecule has 0 aliphatic heterocycles. The maximum absolute atomic E-state index is 12.9. The summed E-state index contributed by atoms with van der Waals surface area (Å²) in [6, 6.07) is 8.84. The monoisotopic (exact) mass is 350 g/mol. The van der Waals surface area contributed by atoms with Gasteiger partial charge in [-0.3, -0.25) is 4.79 Å². The molecule has 0 heterocycles. The van der Waals surface area contributed by atoms with E-state index in [1.54, 1.807) is 0 Å². The molecule has 3 rings (SSSR count). The lowest BCUT2D eigenvalue weighted by molar-refractivity contribution is -0.138. The first-order valence-corrected chi connectivity index (χ1v) is 8.74. The van der Waals surface area contributed by atoms with Gasteiger partial charge in [-0.1, -0.05) is 40.5 Å². The molecule has 3 nitrogen and oxygen atoms in total. The minimum atomic E-state index is 0.136. The minimum absolute atomic E-state index is 0.136. The van der Waals surface area contributed by atoms with E-state index in [-0.39, 0.29) is 12.0 Å². The fraction of sp³-hybridized carbons (Fsp3) is 0.588. The summed E-state index contributed by atoms with van der Waals surface area (Å²) in [5.74, 6) is 0.459. The molecule has 0 radical (unpaired) electrons. The molecule has 2 fully saturated rings. The lowest BCUT2D eigenvalue weighted by Gasteiger charge is -2.32. The van der Waals surface area contributed by atoms with Crippen molar-refractivity contribution in [2.24, 2.45) is 11.7 Å². The maximum atomic E-state index is 12.9. The third-order valence-corrected chi connectivity index (χ3v) is 5.41. The molecule has 0 saturated heterocycles. The van der Waals surface area contributed by atoms with Gasteiger partial charge in [0.15, 0.2) is 0 Å². The Hall–Kier alpha value is -0.870. The molecule has 2 N–H and O–H groups in total. The Bertz CT molecular complexity index is 515. The van der Waals surface area contributed by atoms with Gasteiger partial charge in [0, 0.05) is 29.0 Å². The van der Waals surface area contributed by atoms with E-state index in [9.17, 15) is 4.79 Å². The van der Waals surface area contributed by atoms with E-state index in [4.69, 9.17) is 5.73 Å². The first-order valence-electron chi connectivity index (χ1n) is 7.94. The van der Waals surface area contributed by atoms with Gasteiger partial charge in [-0.15, -0.1) is 0 Å². The second-order valence-electron chi connectivity index (χ2n) is 6.41. The lowest BCUT2D eigenvalue weighted by Crippen LogP contribution is -2.41. The molecule has 114 valence electrons. The number of nitrogens with zero attached hydrogens (tertiary/aromatic N) is 1. The summed E-state index contributed by atoms with van der Waals surface area (Å²) in [5.41, 5.74) is 7.25. The van der Waals surface area contributed by atoms with Crippen LogP contribution in [0.1, 0.15) is 44.1 Å². The molecule has 0 aromatic heterocycles. The van der Waals surface area contributed by atoms with Gasteiger partial charge in [0.25, 0.3) is 0 Å². The zero-order valence-electron chi connectivity index (χ0n) is 12.3. The quantitative estimate of drug-likeness (QED) is 0.903. The number of halogens is 1. The number of carbonyl (C=O) groups is 1. The van der Waals surface area contributed by atoms with Crippen LogP contribution >= 0.6 is 15.9 Å². The van der Waals surface area contributed by atoms with Crippen molar-refractivity contribution in [3.8, 4) is 0 Å². The van der Waals surface area contributed by atoms with Crippen LogP contribution in [0.25, 0.3) is 0 Å². The van der Waals surface area contributed by atoms with Gasteiger partial charge in [0.2, 0.25) is 5.91 Å². The highest BCUT2D eigenvalue weighted by Crippen LogP contribution is 2.34. The number of rotatable bonds is 4. The van der Waals surface area contributed by atoms with Crippen molar-refractivity contribution in [3.63, 3.8) is 0 Å². The summed E-state index contributed by atoms with van der Waals surface area (Å²) in [4.78, 5) is 15.0. The van der Waals surface area contributed by atoms with Gasteiger partial charge in [-0.05, 0) is 43.7 Å². The van der Waals surface area contributed by atoms with Gasteiger partial charge >= 0.3 is 0 Å². The number of hydrogen-bond donors (Lipinski definition) is 1. The topological polar surface area (TPSA) is 46.3 Å². The van der Waals surface area contributed by atoms with E-state index in [0.717, 1.165) is 49.5 Å². The fourth-order valence-electron chi connectivity index (χ4n) is 3.27. The van der Waals surface area contributed by atoms with Crippen LogP contribution in [0, 0.1) is 5.92 Å². The SMILES string of the molecule is NC1CCCC(C(=O)N(Cc2ccccc2Br)C2CC2)C1. The molecule has 2 saturated carbocycles. The second-order valence-corrected chi connectivity index (χ2v) is 7.27. The molecule has 21 heavy (non-hydrogen) atoms. The Labute approximate surface area is 135 Å². The van der Waals surface area contributed by atoms with Gasteiger partial charge in [-0.25, -0.2) is 0 Å². The molecule has 1 aromatic rings. The van der Waals surface area contributed by atoms with Gasteiger partial charge in [0.05, 0.1) is 0 Å². The van der Waals surface area contributed by atoms with Crippen LogP contribution < -0.4 is 5.73 Å². The average Bonchev–Trinajstić information content (AvgIpc) is 3.30. The standard InChI is InChI=1S/C17H23BrN2O/c18-16-7-2-1-4-13(16)11-20(15-8-9-15)17(21)12-5-3-6-14(19)10-12/h1-2,4,7,12,14-15H,3,5-6,8-11,19H2. The van der Waals surface area contributed by atoms with Gasteiger partial charge < -0.3 is 10.6 Å². The number of hydrogen-bond acceptors (Lipinski definition) is 2. The van der Waals surface area contributed by atoms with Crippen LogP contribution in [-0.2, 0) is 11.3 Å². The van der Waals surface area contributed by atoms with Crippen molar-refractivity contribution < 1.29 is 4.79 Å². The maximum Gasteiger partial charge on any atom is 0.226 e. The summed E-state index contributed by atoms with van der Waals surface area (Å²) >= 11 is 3.59. The largest absolute Gasteiger partial charge is 0.335 e. The predicted octanol–water partition coefficient (Wildman–Crippen LogP) is 3.46. The molecule has 1 aromatic carbocycles. The Kier molecular flexibility index (Phi) is 4.65. The zero-order chi connectivity index (χ0) is 14.8. The van der Waals surface area contributed by atoms with Crippen molar-refractivity contribution >= 4 is 21.8 Å². The highest BCUT2D eigenvalue weighted by atomic mass is 79.9. The van der Waals surface area contributed by atoms with Crippen molar-refractivity contribution in [2.75, 3.05) is 0 Å². The van der Waals surface area contributed by atoms with Crippen LogP contribution in [0.5, 0.6) is 0 Å². The van der Waals surface area contributed by atoms with E-state index in [2.05, 4.69) is 26.9 Å². The lowest BCUT2D eigenvalue weighted by atomic mass is 9.85. The van der Waals surface area contributed by atoms with Crippen molar-refractivity contribution in [1.29, 1.82) is 0 Å². The number of nitrogens with two attached hydrogens (primary N) is 1. The average molecular weight is 351 g/mol. The van der Waals surface area contributed by atoms with Crippen LogP contribution in [0.3, 0.4) is 0 Å². The van der Waals surface area contributed by atoms with E-state index in [1.165, 1.54) is 5.56 Å². The minimum Gasteiger partial charge on any atom is -0.335 e. The molecule has 0 bridgehead atoms. The molecule has 2 aliphatic carbocycles. The second kappa shape index (κ2) is 6.49. The Morgan fingerprint density at radius 3 is 2.67 bits per heavy atom. The van der Waals surface area contributed by atoms with Crippen molar-refractivity contribution in [3.05, 3.63) is 34.3 Å². The Morgan fingerprint density at radius 2 is 2.00 bits per heavy atom. The molecule has 1 amide bonds. The number of carbonyl (C=O) groups excluding carboxylic acids is 1. The zero-order valence-corrected chi connectivity index (χ0v) is 13.9. The highest BCUT2D eigenvalue weighted by Gasteiger charge is 2.37.